The average Bonchev–Trinajstić information content (AvgIpc) is 2.35. The summed E-state index contributed by atoms with van der Waals surface area (Å²) >= 11 is 6.76. The zero-order valence-electron chi connectivity index (χ0n) is 9.84. The van der Waals surface area contributed by atoms with Crippen molar-refractivity contribution < 1.29 is 17.7 Å². The number of hydrogen-bond acceptors (Lipinski definition) is 7. The number of nitrogens with one attached hydrogen (secondary N) is 2. The minimum atomic E-state index is -3.58. The maximum Gasteiger partial charge on any atom is 0.244 e. The van der Waals surface area contributed by atoms with Crippen LogP contribution in [0.25, 0.3) is 0 Å². The Morgan fingerprint density at radius 3 is 2.89 bits per heavy atom. The lowest BCUT2D eigenvalue weighted by atomic mass is 10.3. The first-order valence-corrected chi connectivity index (χ1v) is 7.90. The standard InChI is InChI=1S/C9H12ClN3O4S2/c1-2-9-12-6-3-5(10)7(18-17-16-11)4-8(6)19(14,15)13-9/h3-4,9,12-13H,2,11H2,1H3. The SMILES string of the molecule is CCC1Nc2cc(Cl)c(SOON)cc2S(=O)(=O)N1. The van der Waals surface area contributed by atoms with E-state index in [1.807, 2.05) is 6.92 Å². The number of benzene rings is 1. The van der Waals surface area contributed by atoms with E-state index in [0.717, 1.165) is 12.0 Å². The molecule has 1 heterocycles. The molecule has 106 valence electrons. The molecule has 1 atom stereocenters. The first-order valence-electron chi connectivity index (χ1n) is 5.30. The van der Waals surface area contributed by atoms with Gasteiger partial charge in [-0.25, -0.2) is 8.42 Å². The molecule has 19 heavy (non-hydrogen) atoms. The Labute approximate surface area is 119 Å². The number of sulfonamides is 1. The van der Waals surface area contributed by atoms with E-state index >= 15 is 0 Å². The second-order valence-electron chi connectivity index (χ2n) is 3.75. The fraction of sp³-hybridized carbons (Fsp3) is 0.333. The maximum absolute atomic E-state index is 12.1. The summed E-state index contributed by atoms with van der Waals surface area (Å²) in [6.07, 6.45) is 0.257. The molecule has 0 radical (unpaired) electrons. The highest BCUT2D eigenvalue weighted by molar-refractivity contribution is 7.94. The van der Waals surface area contributed by atoms with Gasteiger partial charge in [0.15, 0.2) is 0 Å². The van der Waals surface area contributed by atoms with Gasteiger partial charge in [-0.15, -0.1) is 9.32 Å². The summed E-state index contributed by atoms with van der Waals surface area (Å²) in [5, 5.41) is 3.38. The molecule has 1 aliphatic heterocycles. The maximum atomic E-state index is 12.1. The van der Waals surface area contributed by atoms with E-state index in [4.69, 9.17) is 17.5 Å². The summed E-state index contributed by atoms with van der Waals surface area (Å²) in [6, 6.07) is 2.92. The number of nitrogens with two attached hydrogens (primary N) is 1. The molecule has 1 aromatic carbocycles. The number of rotatable bonds is 4. The highest BCUT2D eigenvalue weighted by atomic mass is 35.5. The summed E-state index contributed by atoms with van der Waals surface area (Å²) in [4.78, 5) is 4.44. The minimum absolute atomic E-state index is 0.102. The molecule has 1 aliphatic rings. The van der Waals surface area contributed by atoms with Crippen LogP contribution >= 0.6 is 23.6 Å². The number of fused-ring (bicyclic) bond motifs is 1. The molecule has 0 amide bonds. The molecule has 0 aliphatic carbocycles. The van der Waals surface area contributed by atoms with Crippen molar-refractivity contribution in [1.82, 2.24) is 4.72 Å². The molecule has 0 fully saturated rings. The highest BCUT2D eigenvalue weighted by Gasteiger charge is 2.29. The Morgan fingerprint density at radius 2 is 2.26 bits per heavy atom. The first-order chi connectivity index (χ1) is 8.97. The van der Waals surface area contributed by atoms with Crippen molar-refractivity contribution in [2.24, 2.45) is 5.90 Å². The van der Waals surface area contributed by atoms with Gasteiger partial charge in [-0.2, -0.15) is 10.6 Å². The monoisotopic (exact) mass is 325 g/mol. The lowest BCUT2D eigenvalue weighted by molar-refractivity contribution is -0.195. The van der Waals surface area contributed by atoms with Gasteiger partial charge in [0.05, 0.1) is 33.8 Å². The molecule has 7 nitrogen and oxygen atoms in total. The van der Waals surface area contributed by atoms with Crippen LogP contribution in [0.5, 0.6) is 0 Å². The number of halogens is 1. The van der Waals surface area contributed by atoms with Crippen LogP contribution in [0.3, 0.4) is 0 Å². The zero-order chi connectivity index (χ0) is 14.0. The van der Waals surface area contributed by atoms with Crippen molar-refractivity contribution in [3.63, 3.8) is 0 Å². The Bertz CT molecular complexity index is 581. The Kier molecular flexibility index (Phi) is 4.56. The van der Waals surface area contributed by atoms with E-state index in [9.17, 15) is 8.42 Å². The third-order valence-corrected chi connectivity index (χ3v) is 5.12. The van der Waals surface area contributed by atoms with E-state index < -0.39 is 10.0 Å². The Hall–Kier alpha value is -0.550. The normalized spacial score (nSPS) is 20.7. The second-order valence-corrected chi connectivity index (χ2v) is 6.59. The van der Waals surface area contributed by atoms with Gasteiger partial charge in [-0.1, -0.05) is 18.5 Å². The van der Waals surface area contributed by atoms with Crippen molar-refractivity contribution in [3.05, 3.63) is 17.2 Å². The van der Waals surface area contributed by atoms with Gasteiger partial charge in [0.2, 0.25) is 10.0 Å². The van der Waals surface area contributed by atoms with Crippen molar-refractivity contribution in [1.29, 1.82) is 0 Å². The number of hydrogen-bond donors (Lipinski definition) is 3. The van der Waals surface area contributed by atoms with Crippen LogP contribution in [-0.2, 0) is 19.3 Å². The van der Waals surface area contributed by atoms with E-state index in [1.165, 1.54) is 12.1 Å². The molecule has 1 aromatic rings. The predicted molar refractivity (Wildman–Crippen MR) is 71.7 cm³/mol. The van der Waals surface area contributed by atoms with Crippen LogP contribution in [0.15, 0.2) is 21.9 Å². The van der Waals surface area contributed by atoms with Gasteiger partial charge in [0.25, 0.3) is 0 Å². The van der Waals surface area contributed by atoms with E-state index in [1.54, 1.807) is 0 Å². The molecule has 0 bridgehead atoms. The van der Waals surface area contributed by atoms with Crippen LogP contribution in [0.1, 0.15) is 13.3 Å². The molecular weight excluding hydrogens is 314 g/mol. The van der Waals surface area contributed by atoms with Gasteiger partial charge >= 0.3 is 0 Å². The zero-order valence-corrected chi connectivity index (χ0v) is 12.2. The summed E-state index contributed by atoms with van der Waals surface area (Å²) in [7, 11) is -3.58. The fourth-order valence-electron chi connectivity index (χ4n) is 1.64. The molecule has 2 rings (SSSR count). The van der Waals surface area contributed by atoms with E-state index in [0.29, 0.717) is 22.0 Å². The average molecular weight is 326 g/mol. The van der Waals surface area contributed by atoms with Gasteiger partial charge < -0.3 is 5.32 Å². The smallest absolute Gasteiger partial charge is 0.244 e. The van der Waals surface area contributed by atoms with Crippen molar-refractivity contribution >= 4 is 39.4 Å². The van der Waals surface area contributed by atoms with Crippen molar-refractivity contribution in [2.75, 3.05) is 5.32 Å². The van der Waals surface area contributed by atoms with E-state index in [2.05, 4.69) is 19.4 Å². The summed E-state index contributed by atoms with van der Waals surface area (Å²) in [5.41, 5.74) is 0.452. The van der Waals surface area contributed by atoms with Gasteiger partial charge in [-0.3, -0.25) is 0 Å². The topological polar surface area (TPSA) is 103 Å². The summed E-state index contributed by atoms with van der Waals surface area (Å²) in [6.45, 7) is 1.86. The fourth-order valence-corrected chi connectivity index (χ4v) is 3.80. The Morgan fingerprint density at radius 1 is 1.53 bits per heavy atom. The quantitative estimate of drug-likeness (QED) is 0.439. The van der Waals surface area contributed by atoms with E-state index in [-0.39, 0.29) is 11.1 Å². The largest absolute Gasteiger partial charge is 0.368 e. The highest BCUT2D eigenvalue weighted by Crippen LogP contribution is 2.36. The first kappa shape index (κ1) is 14.9. The third-order valence-electron chi connectivity index (χ3n) is 2.52. The van der Waals surface area contributed by atoms with Gasteiger partial charge in [0, 0.05) is 0 Å². The molecular formula is C9H12ClN3O4S2. The Balaban J connectivity index is 2.44. The lowest BCUT2D eigenvalue weighted by Gasteiger charge is -2.27. The molecule has 4 N–H and O–H groups in total. The number of anilines is 1. The van der Waals surface area contributed by atoms with Crippen molar-refractivity contribution in [3.8, 4) is 0 Å². The van der Waals surface area contributed by atoms with Crippen LogP contribution < -0.4 is 15.9 Å². The second kappa shape index (κ2) is 5.83. The lowest BCUT2D eigenvalue weighted by Crippen LogP contribution is -2.44. The molecule has 1 unspecified atom stereocenters. The third kappa shape index (κ3) is 3.14. The van der Waals surface area contributed by atoms with Crippen LogP contribution in [-0.4, -0.2) is 14.6 Å². The molecule has 0 spiro atoms. The van der Waals surface area contributed by atoms with Crippen molar-refractivity contribution in [2.45, 2.75) is 29.3 Å². The van der Waals surface area contributed by atoms with Crippen LogP contribution in [0, 0.1) is 0 Å². The predicted octanol–water partition coefficient (Wildman–Crippen LogP) is 1.61. The van der Waals surface area contributed by atoms with Gasteiger partial charge in [-0.05, 0) is 18.6 Å². The minimum Gasteiger partial charge on any atom is -0.368 e. The summed E-state index contributed by atoms with van der Waals surface area (Å²) in [5.74, 6) is 4.72. The molecule has 0 saturated heterocycles. The molecule has 0 aromatic heterocycles. The molecule has 0 saturated carbocycles. The molecule has 10 heteroatoms. The van der Waals surface area contributed by atoms with Gasteiger partial charge in [0.1, 0.15) is 4.90 Å². The van der Waals surface area contributed by atoms with Crippen LogP contribution in [0.4, 0.5) is 5.69 Å². The van der Waals surface area contributed by atoms with Crippen LogP contribution in [0.2, 0.25) is 5.02 Å². The summed E-state index contributed by atoms with van der Waals surface area (Å²) < 4.78 is 31.1.